The lowest BCUT2D eigenvalue weighted by molar-refractivity contribution is 0.590. The largest absolute Gasteiger partial charge is 0.327 e. The Morgan fingerprint density at radius 1 is 1.05 bits per heavy atom. The summed E-state index contributed by atoms with van der Waals surface area (Å²) in [5.41, 5.74) is 6.73. The molecule has 2 aromatic carbocycles. The van der Waals surface area contributed by atoms with Crippen LogP contribution in [-0.4, -0.2) is 6.04 Å². The van der Waals surface area contributed by atoms with Gasteiger partial charge in [-0.3, -0.25) is 0 Å². The Labute approximate surface area is 122 Å². The van der Waals surface area contributed by atoms with E-state index < -0.39 is 0 Å². The second-order valence-corrected chi connectivity index (χ2v) is 5.75. The minimum Gasteiger partial charge on any atom is -0.327 e. The van der Waals surface area contributed by atoms with Gasteiger partial charge in [-0.25, -0.2) is 8.78 Å². The monoisotopic (exact) mass is 293 g/mol. The van der Waals surface area contributed by atoms with Crippen LogP contribution in [0.1, 0.15) is 18.9 Å². The van der Waals surface area contributed by atoms with E-state index in [-0.39, 0.29) is 17.7 Å². The fourth-order valence-electron chi connectivity index (χ4n) is 1.85. The summed E-state index contributed by atoms with van der Waals surface area (Å²) >= 11 is 1.09. The summed E-state index contributed by atoms with van der Waals surface area (Å²) in [5.74, 6) is -0.673. The molecule has 1 nitrogen and oxygen atoms in total. The first-order valence-electron chi connectivity index (χ1n) is 6.56. The van der Waals surface area contributed by atoms with Crippen molar-refractivity contribution in [2.75, 3.05) is 0 Å². The second-order valence-electron chi connectivity index (χ2n) is 4.67. The first kappa shape index (κ1) is 15.0. The Bertz CT molecular complexity index is 586. The quantitative estimate of drug-likeness (QED) is 0.884. The van der Waals surface area contributed by atoms with Crippen LogP contribution in [0.2, 0.25) is 0 Å². The van der Waals surface area contributed by atoms with Crippen LogP contribution in [0.3, 0.4) is 0 Å². The zero-order chi connectivity index (χ0) is 14.5. The minimum atomic E-state index is -0.339. The van der Waals surface area contributed by atoms with Gasteiger partial charge in [0, 0.05) is 15.8 Å². The molecule has 0 radical (unpaired) electrons. The fourth-order valence-corrected chi connectivity index (χ4v) is 2.69. The Kier molecular flexibility index (Phi) is 5.15. The standard InChI is InChI=1S/C16H17F2NS/c1-2-12(19)9-11-7-8-16(14(18)10-11)20-15-6-4-3-5-13(15)17/h3-8,10,12H,2,9,19H2,1H3. The number of halogens is 2. The molecular weight excluding hydrogens is 276 g/mol. The fraction of sp³-hybridized carbons (Fsp3) is 0.250. The van der Waals surface area contributed by atoms with E-state index in [2.05, 4.69) is 0 Å². The first-order chi connectivity index (χ1) is 9.60. The van der Waals surface area contributed by atoms with Crippen LogP contribution < -0.4 is 5.73 Å². The lowest BCUT2D eigenvalue weighted by Gasteiger charge is -2.10. The molecule has 0 aliphatic carbocycles. The SMILES string of the molecule is CCC(N)Cc1ccc(Sc2ccccc2F)c(F)c1. The molecular formula is C16H17F2NS. The van der Waals surface area contributed by atoms with E-state index in [1.807, 2.05) is 13.0 Å². The van der Waals surface area contributed by atoms with Crippen molar-refractivity contribution >= 4 is 11.8 Å². The minimum absolute atomic E-state index is 0.0412. The van der Waals surface area contributed by atoms with E-state index in [0.717, 1.165) is 23.7 Å². The molecule has 0 heterocycles. The van der Waals surface area contributed by atoms with Gasteiger partial charge in [-0.1, -0.05) is 36.9 Å². The molecule has 0 spiro atoms. The highest BCUT2D eigenvalue weighted by Gasteiger charge is 2.10. The molecule has 0 amide bonds. The molecule has 2 aromatic rings. The van der Waals surface area contributed by atoms with Crippen LogP contribution >= 0.6 is 11.8 Å². The molecule has 20 heavy (non-hydrogen) atoms. The molecule has 0 aliphatic rings. The highest BCUT2D eigenvalue weighted by Crippen LogP contribution is 2.32. The zero-order valence-electron chi connectivity index (χ0n) is 11.3. The van der Waals surface area contributed by atoms with Crippen LogP contribution in [-0.2, 0) is 6.42 Å². The van der Waals surface area contributed by atoms with Gasteiger partial charge in [-0.2, -0.15) is 0 Å². The van der Waals surface area contributed by atoms with Gasteiger partial charge in [0.1, 0.15) is 11.6 Å². The smallest absolute Gasteiger partial charge is 0.137 e. The normalized spacial score (nSPS) is 12.4. The van der Waals surface area contributed by atoms with E-state index in [9.17, 15) is 8.78 Å². The summed E-state index contributed by atoms with van der Waals surface area (Å²) in [6.07, 6.45) is 1.51. The summed E-state index contributed by atoms with van der Waals surface area (Å²) in [4.78, 5) is 0.841. The van der Waals surface area contributed by atoms with Crippen molar-refractivity contribution in [1.82, 2.24) is 0 Å². The van der Waals surface area contributed by atoms with Gasteiger partial charge in [0.2, 0.25) is 0 Å². The van der Waals surface area contributed by atoms with Crippen molar-refractivity contribution in [3.8, 4) is 0 Å². The van der Waals surface area contributed by atoms with Gasteiger partial charge >= 0.3 is 0 Å². The molecule has 0 aliphatic heterocycles. The maximum absolute atomic E-state index is 14.0. The van der Waals surface area contributed by atoms with Crippen molar-refractivity contribution in [2.45, 2.75) is 35.6 Å². The summed E-state index contributed by atoms with van der Waals surface area (Å²) in [7, 11) is 0. The van der Waals surface area contributed by atoms with E-state index in [1.54, 1.807) is 24.3 Å². The topological polar surface area (TPSA) is 26.0 Å². The van der Waals surface area contributed by atoms with Gasteiger partial charge in [-0.05, 0) is 42.7 Å². The van der Waals surface area contributed by atoms with E-state index in [4.69, 9.17) is 5.73 Å². The van der Waals surface area contributed by atoms with Crippen molar-refractivity contribution in [1.29, 1.82) is 0 Å². The van der Waals surface area contributed by atoms with Crippen LogP contribution in [0.5, 0.6) is 0 Å². The van der Waals surface area contributed by atoms with Gasteiger partial charge in [-0.15, -0.1) is 0 Å². The third kappa shape index (κ3) is 3.81. The lowest BCUT2D eigenvalue weighted by Crippen LogP contribution is -2.21. The first-order valence-corrected chi connectivity index (χ1v) is 7.38. The third-order valence-electron chi connectivity index (χ3n) is 3.08. The van der Waals surface area contributed by atoms with Crippen LogP contribution in [0.15, 0.2) is 52.3 Å². The molecule has 1 atom stereocenters. The summed E-state index contributed by atoms with van der Waals surface area (Å²) < 4.78 is 27.6. The molecule has 0 saturated carbocycles. The predicted molar refractivity (Wildman–Crippen MR) is 78.9 cm³/mol. The van der Waals surface area contributed by atoms with E-state index in [0.29, 0.717) is 16.2 Å². The number of hydrogen-bond donors (Lipinski definition) is 1. The second kappa shape index (κ2) is 6.86. The van der Waals surface area contributed by atoms with Gasteiger partial charge in [0.25, 0.3) is 0 Å². The number of hydrogen-bond acceptors (Lipinski definition) is 2. The van der Waals surface area contributed by atoms with Crippen LogP contribution in [0, 0.1) is 11.6 Å². The molecule has 0 fully saturated rings. The van der Waals surface area contributed by atoms with Gasteiger partial charge < -0.3 is 5.73 Å². The Hall–Kier alpha value is -1.39. The van der Waals surface area contributed by atoms with Crippen LogP contribution in [0.25, 0.3) is 0 Å². The Balaban J connectivity index is 2.16. The van der Waals surface area contributed by atoms with E-state index in [1.165, 1.54) is 12.1 Å². The third-order valence-corrected chi connectivity index (χ3v) is 4.18. The molecule has 2 N–H and O–H groups in total. The zero-order valence-corrected chi connectivity index (χ0v) is 12.1. The number of benzene rings is 2. The molecule has 1 unspecified atom stereocenters. The molecule has 0 aromatic heterocycles. The molecule has 0 bridgehead atoms. The van der Waals surface area contributed by atoms with Crippen molar-refractivity contribution in [3.05, 3.63) is 59.7 Å². The predicted octanol–water partition coefficient (Wildman–Crippen LogP) is 4.40. The van der Waals surface area contributed by atoms with Gasteiger partial charge in [0.05, 0.1) is 0 Å². The average molecular weight is 293 g/mol. The van der Waals surface area contributed by atoms with Crippen molar-refractivity contribution in [3.63, 3.8) is 0 Å². The number of rotatable bonds is 5. The lowest BCUT2D eigenvalue weighted by atomic mass is 10.0. The maximum atomic E-state index is 14.0. The average Bonchev–Trinajstić information content (AvgIpc) is 2.44. The van der Waals surface area contributed by atoms with E-state index >= 15 is 0 Å². The maximum Gasteiger partial charge on any atom is 0.137 e. The summed E-state index contributed by atoms with van der Waals surface area (Å²) in [6.45, 7) is 2.00. The summed E-state index contributed by atoms with van der Waals surface area (Å²) in [5, 5.41) is 0. The molecule has 2 rings (SSSR count). The molecule has 0 saturated heterocycles. The molecule has 4 heteroatoms. The Morgan fingerprint density at radius 3 is 2.40 bits per heavy atom. The highest BCUT2D eigenvalue weighted by atomic mass is 32.2. The Morgan fingerprint density at radius 2 is 1.75 bits per heavy atom. The van der Waals surface area contributed by atoms with Crippen molar-refractivity contribution in [2.24, 2.45) is 5.73 Å². The molecule has 106 valence electrons. The van der Waals surface area contributed by atoms with Gasteiger partial charge in [0.15, 0.2) is 0 Å². The van der Waals surface area contributed by atoms with Crippen LogP contribution in [0.4, 0.5) is 8.78 Å². The number of nitrogens with two attached hydrogens (primary N) is 1. The summed E-state index contributed by atoms with van der Waals surface area (Å²) in [6, 6.07) is 11.4. The highest BCUT2D eigenvalue weighted by molar-refractivity contribution is 7.99. The van der Waals surface area contributed by atoms with Crippen molar-refractivity contribution < 1.29 is 8.78 Å².